The number of hydrogen-bond acceptors (Lipinski definition) is 4. The third kappa shape index (κ3) is 1.67. The molecule has 2 saturated heterocycles. The van der Waals surface area contributed by atoms with Crippen LogP contribution in [0.5, 0.6) is 0 Å². The maximum Gasteiger partial charge on any atom is 0.164 e. The molecule has 0 amide bonds. The van der Waals surface area contributed by atoms with Crippen molar-refractivity contribution < 1.29 is 19.3 Å². The fourth-order valence-electron chi connectivity index (χ4n) is 2.16. The van der Waals surface area contributed by atoms with Gasteiger partial charge in [-0.15, -0.1) is 0 Å². The number of rotatable bonds is 2. The van der Waals surface area contributed by atoms with Gasteiger partial charge in [0.2, 0.25) is 0 Å². The Bertz CT molecular complexity index is 216. The van der Waals surface area contributed by atoms with Crippen molar-refractivity contribution in [1.29, 1.82) is 0 Å². The molecule has 2 heterocycles. The molecule has 0 aromatic carbocycles. The smallest absolute Gasteiger partial charge is 0.164 e. The lowest BCUT2D eigenvalue weighted by atomic mass is 10.00. The van der Waals surface area contributed by atoms with Crippen molar-refractivity contribution >= 4 is 0 Å². The van der Waals surface area contributed by atoms with E-state index in [0.29, 0.717) is 6.61 Å². The van der Waals surface area contributed by atoms with Gasteiger partial charge in [0.25, 0.3) is 0 Å². The zero-order valence-corrected chi connectivity index (χ0v) is 8.90. The second-order valence-electron chi connectivity index (χ2n) is 4.60. The molecule has 14 heavy (non-hydrogen) atoms. The van der Waals surface area contributed by atoms with Crippen LogP contribution in [-0.4, -0.2) is 42.4 Å². The van der Waals surface area contributed by atoms with Crippen LogP contribution in [0.3, 0.4) is 0 Å². The fourth-order valence-corrected chi connectivity index (χ4v) is 2.16. The van der Waals surface area contributed by atoms with Gasteiger partial charge in [0, 0.05) is 12.5 Å². The molecule has 4 atom stereocenters. The van der Waals surface area contributed by atoms with E-state index in [1.54, 1.807) is 0 Å². The summed E-state index contributed by atoms with van der Waals surface area (Å²) in [7, 11) is 0. The standard InChI is InChI=1S/C10H18O4/c1-6(4-11)8-9-7(5-12-8)13-10(2,3)14-9/h6-9,11H,4-5H2,1-3H3/t6?,7-,8+,9-/m1/s1. The molecule has 2 aliphatic heterocycles. The molecule has 4 heteroatoms. The highest BCUT2D eigenvalue weighted by atomic mass is 16.8. The minimum atomic E-state index is -0.507. The molecule has 2 fully saturated rings. The second-order valence-corrected chi connectivity index (χ2v) is 4.60. The summed E-state index contributed by atoms with van der Waals surface area (Å²) >= 11 is 0. The first-order chi connectivity index (χ1) is 6.53. The molecule has 0 spiro atoms. The number of aliphatic hydroxyl groups is 1. The van der Waals surface area contributed by atoms with Gasteiger partial charge in [-0.25, -0.2) is 0 Å². The Morgan fingerprint density at radius 1 is 1.43 bits per heavy atom. The van der Waals surface area contributed by atoms with Crippen molar-refractivity contribution in [3.8, 4) is 0 Å². The number of ether oxygens (including phenoxy) is 3. The Morgan fingerprint density at radius 3 is 2.79 bits per heavy atom. The third-order valence-corrected chi connectivity index (χ3v) is 2.85. The molecule has 0 aliphatic carbocycles. The molecule has 0 bridgehead atoms. The van der Waals surface area contributed by atoms with Crippen LogP contribution in [0.4, 0.5) is 0 Å². The van der Waals surface area contributed by atoms with E-state index in [1.807, 2.05) is 20.8 Å². The molecular formula is C10H18O4. The Balaban J connectivity index is 2.04. The zero-order chi connectivity index (χ0) is 10.3. The Labute approximate surface area is 84.1 Å². The largest absolute Gasteiger partial charge is 0.396 e. The number of fused-ring (bicyclic) bond motifs is 1. The van der Waals surface area contributed by atoms with Crippen LogP contribution in [0.1, 0.15) is 20.8 Å². The molecule has 0 aromatic heterocycles. The predicted molar refractivity (Wildman–Crippen MR) is 49.8 cm³/mol. The third-order valence-electron chi connectivity index (χ3n) is 2.85. The maximum absolute atomic E-state index is 9.07. The molecule has 2 rings (SSSR count). The van der Waals surface area contributed by atoms with Crippen LogP contribution < -0.4 is 0 Å². The van der Waals surface area contributed by atoms with E-state index in [-0.39, 0.29) is 30.8 Å². The Kier molecular flexibility index (Phi) is 2.55. The van der Waals surface area contributed by atoms with Crippen molar-refractivity contribution in [2.45, 2.75) is 44.9 Å². The molecule has 4 nitrogen and oxygen atoms in total. The molecular weight excluding hydrogens is 184 g/mol. The SMILES string of the molecule is CC(CO)[C@@H]1OC[C@H]2OC(C)(C)O[C@H]21. The van der Waals surface area contributed by atoms with Gasteiger partial charge in [-0.2, -0.15) is 0 Å². The monoisotopic (exact) mass is 202 g/mol. The fraction of sp³-hybridized carbons (Fsp3) is 1.00. The van der Waals surface area contributed by atoms with Crippen molar-refractivity contribution in [2.75, 3.05) is 13.2 Å². The summed E-state index contributed by atoms with van der Waals surface area (Å²) in [4.78, 5) is 0. The van der Waals surface area contributed by atoms with Crippen LogP contribution in [0.2, 0.25) is 0 Å². The summed E-state index contributed by atoms with van der Waals surface area (Å²) in [5, 5.41) is 9.07. The lowest BCUT2D eigenvalue weighted by Crippen LogP contribution is -2.35. The van der Waals surface area contributed by atoms with E-state index >= 15 is 0 Å². The molecule has 1 unspecified atom stereocenters. The van der Waals surface area contributed by atoms with Crippen molar-refractivity contribution in [2.24, 2.45) is 5.92 Å². The van der Waals surface area contributed by atoms with E-state index in [2.05, 4.69) is 0 Å². The molecule has 0 radical (unpaired) electrons. The summed E-state index contributed by atoms with van der Waals surface area (Å²) < 4.78 is 17.0. The summed E-state index contributed by atoms with van der Waals surface area (Å²) in [5.74, 6) is -0.408. The topological polar surface area (TPSA) is 47.9 Å². The summed E-state index contributed by atoms with van der Waals surface area (Å²) in [6.45, 7) is 6.47. The highest BCUT2D eigenvalue weighted by Gasteiger charge is 2.51. The van der Waals surface area contributed by atoms with Gasteiger partial charge in [0.1, 0.15) is 12.2 Å². The van der Waals surface area contributed by atoms with Crippen molar-refractivity contribution in [3.63, 3.8) is 0 Å². The van der Waals surface area contributed by atoms with Crippen LogP contribution in [0.15, 0.2) is 0 Å². The second kappa shape index (κ2) is 3.45. The zero-order valence-electron chi connectivity index (χ0n) is 8.90. The highest BCUT2D eigenvalue weighted by Crippen LogP contribution is 2.37. The van der Waals surface area contributed by atoms with Crippen molar-refractivity contribution in [1.82, 2.24) is 0 Å². The van der Waals surface area contributed by atoms with Gasteiger partial charge >= 0.3 is 0 Å². The first-order valence-corrected chi connectivity index (χ1v) is 5.11. The first kappa shape index (κ1) is 10.4. The molecule has 0 saturated carbocycles. The van der Waals surface area contributed by atoms with E-state index in [9.17, 15) is 0 Å². The summed E-state index contributed by atoms with van der Waals surface area (Å²) in [5.41, 5.74) is 0. The Morgan fingerprint density at radius 2 is 2.14 bits per heavy atom. The normalized spacial score (nSPS) is 42.4. The first-order valence-electron chi connectivity index (χ1n) is 5.11. The summed E-state index contributed by atoms with van der Waals surface area (Å²) in [6, 6.07) is 0. The number of aliphatic hydroxyl groups excluding tert-OH is 1. The molecule has 82 valence electrons. The predicted octanol–water partition coefficient (Wildman–Crippen LogP) is 0.534. The van der Waals surface area contributed by atoms with E-state index in [0.717, 1.165) is 0 Å². The van der Waals surface area contributed by atoms with Gasteiger partial charge in [-0.1, -0.05) is 6.92 Å². The minimum Gasteiger partial charge on any atom is -0.396 e. The van der Waals surface area contributed by atoms with Gasteiger partial charge in [0.05, 0.1) is 12.7 Å². The average Bonchev–Trinajstić information content (AvgIpc) is 2.58. The molecule has 2 aliphatic rings. The van der Waals surface area contributed by atoms with Crippen LogP contribution in [0, 0.1) is 5.92 Å². The quantitative estimate of drug-likeness (QED) is 0.709. The summed E-state index contributed by atoms with van der Waals surface area (Å²) in [6.07, 6.45) is -0.0251. The molecule has 1 N–H and O–H groups in total. The van der Waals surface area contributed by atoms with E-state index in [4.69, 9.17) is 19.3 Å². The van der Waals surface area contributed by atoms with Crippen LogP contribution in [-0.2, 0) is 14.2 Å². The highest BCUT2D eigenvalue weighted by molar-refractivity contribution is 4.94. The molecule has 0 aromatic rings. The van der Waals surface area contributed by atoms with Gasteiger partial charge < -0.3 is 19.3 Å². The van der Waals surface area contributed by atoms with E-state index < -0.39 is 5.79 Å². The van der Waals surface area contributed by atoms with Gasteiger partial charge in [0.15, 0.2) is 5.79 Å². The van der Waals surface area contributed by atoms with Crippen molar-refractivity contribution in [3.05, 3.63) is 0 Å². The number of hydrogen-bond donors (Lipinski definition) is 1. The van der Waals surface area contributed by atoms with Gasteiger partial charge in [-0.05, 0) is 13.8 Å². The van der Waals surface area contributed by atoms with E-state index in [1.165, 1.54) is 0 Å². The Hall–Kier alpha value is -0.160. The van der Waals surface area contributed by atoms with Crippen LogP contribution >= 0.6 is 0 Å². The lowest BCUT2D eigenvalue weighted by molar-refractivity contribution is -0.180. The lowest BCUT2D eigenvalue weighted by Gasteiger charge is -2.24. The van der Waals surface area contributed by atoms with Gasteiger partial charge in [-0.3, -0.25) is 0 Å². The maximum atomic E-state index is 9.07. The minimum absolute atomic E-state index is 0.0212. The van der Waals surface area contributed by atoms with Crippen LogP contribution in [0.25, 0.3) is 0 Å². The average molecular weight is 202 g/mol.